The number of rotatable bonds is 7. The zero-order valence-corrected chi connectivity index (χ0v) is 16.7. The van der Waals surface area contributed by atoms with Crippen molar-refractivity contribution in [3.8, 4) is 11.3 Å². The minimum Gasteiger partial charge on any atom is -0.325 e. The second-order valence-electron chi connectivity index (χ2n) is 6.99. The Morgan fingerprint density at radius 2 is 2.03 bits per heavy atom. The first-order chi connectivity index (χ1) is 14.0. The minimum absolute atomic E-state index is 0.00719. The van der Waals surface area contributed by atoms with Gasteiger partial charge < -0.3 is 9.88 Å². The summed E-state index contributed by atoms with van der Waals surface area (Å²) in [5.41, 5.74) is 3.14. The zero-order valence-electron chi connectivity index (χ0n) is 15.9. The van der Waals surface area contributed by atoms with E-state index in [4.69, 9.17) is 0 Å². The SMILES string of the molecule is Cc1ccc(NC(=O)CSc2ncc(-c3ccccc3)n2C2CC2)cc1[N+](=O)[O-]. The van der Waals surface area contributed by atoms with Crippen molar-refractivity contribution in [1.29, 1.82) is 0 Å². The Balaban J connectivity index is 1.46. The normalized spacial score (nSPS) is 13.3. The molecule has 148 valence electrons. The van der Waals surface area contributed by atoms with Crippen molar-refractivity contribution in [3.63, 3.8) is 0 Å². The van der Waals surface area contributed by atoms with E-state index < -0.39 is 4.92 Å². The van der Waals surface area contributed by atoms with Gasteiger partial charge in [0, 0.05) is 23.4 Å². The van der Waals surface area contributed by atoms with E-state index in [9.17, 15) is 14.9 Å². The van der Waals surface area contributed by atoms with Crippen LogP contribution in [0, 0.1) is 17.0 Å². The van der Waals surface area contributed by atoms with E-state index in [2.05, 4.69) is 27.0 Å². The predicted octanol–water partition coefficient (Wildman–Crippen LogP) is 4.83. The Bertz CT molecular complexity index is 1060. The van der Waals surface area contributed by atoms with Gasteiger partial charge in [-0.15, -0.1) is 0 Å². The number of nitro benzene ring substituents is 1. The molecule has 4 rings (SSSR count). The molecular weight excluding hydrogens is 388 g/mol. The van der Waals surface area contributed by atoms with E-state index in [1.807, 2.05) is 24.4 Å². The Labute approximate surface area is 172 Å². The Hall–Kier alpha value is -3.13. The molecule has 0 aliphatic heterocycles. The number of imidazole rings is 1. The standard InChI is InChI=1S/C21H20N4O3S/c1-14-7-8-16(11-18(14)25(27)28)23-20(26)13-29-21-22-12-19(24(21)17-9-10-17)15-5-3-2-4-6-15/h2-8,11-12,17H,9-10,13H2,1H3,(H,23,26). The van der Waals surface area contributed by atoms with Crippen LogP contribution in [-0.4, -0.2) is 26.1 Å². The summed E-state index contributed by atoms with van der Waals surface area (Å²) in [6.07, 6.45) is 4.09. The van der Waals surface area contributed by atoms with Crippen LogP contribution in [0.2, 0.25) is 0 Å². The van der Waals surface area contributed by atoms with Gasteiger partial charge in [-0.2, -0.15) is 0 Å². The first-order valence-corrected chi connectivity index (χ1v) is 10.3. The number of carbonyl (C=O) groups excluding carboxylic acids is 1. The lowest BCUT2D eigenvalue weighted by Crippen LogP contribution is -2.15. The van der Waals surface area contributed by atoms with Gasteiger partial charge in [0.2, 0.25) is 5.91 Å². The van der Waals surface area contributed by atoms with E-state index >= 15 is 0 Å². The summed E-state index contributed by atoms with van der Waals surface area (Å²) in [5.74, 6) is -0.0422. The van der Waals surface area contributed by atoms with E-state index in [-0.39, 0.29) is 17.3 Å². The summed E-state index contributed by atoms with van der Waals surface area (Å²) < 4.78 is 2.21. The average Bonchev–Trinajstić information content (AvgIpc) is 3.47. The molecule has 1 heterocycles. The van der Waals surface area contributed by atoms with Crippen molar-refractivity contribution in [2.45, 2.75) is 31.0 Å². The van der Waals surface area contributed by atoms with Crippen molar-refractivity contribution >= 4 is 29.0 Å². The fourth-order valence-electron chi connectivity index (χ4n) is 3.17. The molecule has 0 bridgehead atoms. The van der Waals surface area contributed by atoms with Crippen LogP contribution in [0.15, 0.2) is 59.9 Å². The van der Waals surface area contributed by atoms with Gasteiger partial charge in [0.05, 0.1) is 22.6 Å². The molecule has 8 heteroatoms. The number of thioether (sulfide) groups is 1. The number of nitro groups is 1. The molecule has 0 unspecified atom stereocenters. The maximum Gasteiger partial charge on any atom is 0.274 e. The molecule has 7 nitrogen and oxygen atoms in total. The number of aromatic nitrogens is 2. The van der Waals surface area contributed by atoms with Gasteiger partial charge in [0.25, 0.3) is 5.69 Å². The number of aryl methyl sites for hydroxylation is 1. The van der Waals surface area contributed by atoms with Crippen molar-refractivity contribution in [2.24, 2.45) is 0 Å². The third-order valence-corrected chi connectivity index (χ3v) is 5.73. The molecule has 1 aromatic heterocycles. The van der Waals surface area contributed by atoms with Crippen LogP contribution < -0.4 is 5.32 Å². The molecule has 1 aliphatic carbocycles. The number of hydrogen-bond acceptors (Lipinski definition) is 5. The highest BCUT2D eigenvalue weighted by atomic mass is 32.2. The van der Waals surface area contributed by atoms with E-state index in [1.165, 1.54) is 17.8 Å². The number of nitrogens with zero attached hydrogens (tertiary/aromatic N) is 3. The monoisotopic (exact) mass is 408 g/mol. The molecule has 29 heavy (non-hydrogen) atoms. The number of carbonyl (C=O) groups is 1. The molecule has 1 saturated carbocycles. The van der Waals surface area contributed by atoms with Crippen LogP contribution in [0.5, 0.6) is 0 Å². The fourth-order valence-corrected chi connectivity index (χ4v) is 4.02. The maximum atomic E-state index is 12.4. The summed E-state index contributed by atoms with van der Waals surface area (Å²) in [7, 11) is 0. The first kappa shape index (κ1) is 19.2. The number of benzene rings is 2. The summed E-state index contributed by atoms with van der Waals surface area (Å²) in [6.45, 7) is 1.67. The number of nitrogens with one attached hydrogen (secondary N) is 1. The Morgan fingerprint density at radius 1 is 1.28 bits per heavy atom. The molecule has 1 amide bonds. The van der Waals surface area contributed by atoms with Crippen LogP contribution in [0.25, 0.3) is 11.3 Å². The van der Waals surface area contributed by atoms with Crippen LogP contribution in [0.1, 0.15) is 24.4 Å². The molecule has 0 radical (unpaired) electrons. The predicted molar refractivity (Wildman–Crippen MR) is 113 cm³/mol. The van der Waals surface area contributed by atoms with Gasteiger partial charge in [-0.3, -0.25) is 14.9 Å². The molecule has 3 aromatic rings. The van der Waals surface area contributed by atoms with Gasteiger partial charge in [-0.25, -0.2) is 4.98 Å². The Kier molecular flexibility index (Phi) is 5.35. The largest absolute Gasteiger partial charge is 0.325 e. The molecule has 0 atom stereocenters. The smallest absolute Gasteiger partial charge is 0.274 e. The molecule has 2 aromatic carbocycles. The lowest BCUT2D eigenvalue weighted by atomic mass is 10.2. The summed E-state index contributed by atoms with van der Waals surface area (Å²) in [4.78, 5) is 27.6. The third-order valence-electron chi connectivity index (χ3n) is 4.77. The third kappa shape index (κ3) is 4.32. The number of amides is 1. The highest BCUT2D eigenvalue weighted by Crippen LogP contribution is 2.41. The van der Waals surface area contributed by atoms with Crippen LogP contribution in [0.4, 0.5) is 11.4 Å². The number of hydrogen-bond donors (Lipinski definition) is 1. The van der Waals surface area contributed by atoms with Crippen LogP contribution >= 0.6 is 11.8 Å². The molecule has 0 spiro atoms. The van der Waals surface area contributed by atoms with Crippen molar-refractivity contribution in [1.82, 2.24) is 9.55 Å². The second-order valence-corrected chi connectivity index (χ2v) is 7.93. The van der Waals surface area contributed by atoms with Crippen molar-refractivity contribution in [3.05, 3.63) is 70.4 Å². The molecular formula is C21H20N4O3S. The van der Waals surface area contributed by atoms with Crippen molar-refractivity contribution in [2.75, 3.05) is 11.1 Å². The summed E-state index contributed by atoms with van der Waals surface area (Å²) in [6, 6.07) is 15.2. The van der Waals surface area contributed by atoms with Gasteiger partial charge in [0.15, 0.2) is 5.16 Å². The van der Waals surface area contributed by atoms with Gasteiger partial charge in [-0.05, 0) is 31.4 Å². The van der Waals surface area contributed by atoms with Crippen molar-refractivity contribution < 1.29 is 9.72 Å². The van der Waals surface area contributed by atoms with Gasteiger partial charge in [0.1, 0.15) is 0 Å². The molecule has 1 aliphatic rings. The first-order valence-electron chi connectivity index (χ1n) is 9.33. The van der Waals surface area contributed by atoms with Gasteiger partial charge >= 0.3 is 0 Å². The summed E-state index contributed by atoms with van der Waals surface area (Å²) >= 11 is 1.38. The number of anilines is 1. The average molecular weight is 408 g/mol. The van der Waals surface area contributed by atoms with Crippen LogP contribution in [0.3, 0.4) is 0 Å². The highest BCUT2D eigenvalue weighted by molar-refractivity contribution is 7.99. The maximum absolute atomic E-state index is 12.4. The Morgan fingerprint density at radius 3 is 2.72 bits per heavy atom. The fraction of sp³-hybridized carbons (Fsp3) is 0.238. The zero-order chi connectivity index (χ0) is 20.4. The topological polar surface area (TPSA) is 90.1 Å². The summed E-state index contributed by atoms with van der Waals surface area (Å²) in [5, 5.41) is 14.6. The molecule has 1 N–H and O–H groups in total. The minimum atomic E-state index is -0.447. The lowest BCUT2D eigenvalue weighted by molar-refractivity contribution is -0.385. The quantitative estimate of drug-likeness (QED) is 0.343. The van der Waals surface area contributed by atoms with E-state index in [1.54, 1.807) is 19.1 Å². The second kappa shape index (κ2) is 8.08. The highest BCUT2D eigenvalue weighted by Gasteiger charge is 2.29. The van der Waals surface area contributed by atoms with E-state index in [0.29, 0.717) is 17.3 Å². The van der Waals surface area contributed by atoms with Gasteiger partial charge in [-0.1, -0.05) is 48.2 Å². The van der Waals surface area contributed by atoms with Crippen LogP contribution in [-0.2, 0) is 4.79 Å². The molecule has 1 fully saturated rings. The lowest BCUT2D eigenvalue weighted by Gasteiger charge is -2.11. The molecule has 0 saturated heterocycles. The van der Waals surface area contributed by atoms with E-state index in [0.717, 1.165) is 29.3 Å².